The maximum Gasteiger partial charge on any atom is 0.424 e. The predicted molar refractivity (Wildman–Crippen MR) is 117 cm³/mol. The molecule has 0 aliphatic carbocycles. The number of morpholine rings is 1. The Morgan fingerprint density at radius 1 is 1.09 bits per heavy atom. The molecule has 2 aliphatic rings. The van der Waals surface area contributed by atoms with E-state index in [-0.39, 0.29) is 18.0 Å². The highest BCUT2D eigenvalue weighted by atomic mass is 32.1. The van der Waals surface area contributed by atoms with Crippen LogP contribution in [0.4, 0.5) is 24.7 Å². The van der Waals surface area contributed by atoms with Crippen molar-refractivity contribution in [1.29, 1.82) is 0 Å². The smallest absolute Gasteiger partial charge is 0.378 e. The van der Waals surface area contributed by atoms with Crippen LogP contribution in [-0.4, -0.2) is 71.1 Å². The molecule has 0 unspecified atom stereocenters. The number of thiazole rings is 1. The van der Waals surface area contributed by atoms with E-state index in [0.29, 0.717) is 42.9 Å². The molecular formula is C21H23F3N6O2S. The normalized spacial score (nSPS) is 21.9. The molecule has 2 fully saturated rings. The van der Waals surface area contributed by atoms with Crippen molar-refractivity contribution in [2.45, 2.75) is 24.6 Å². The van der Waals surface area contributed by atoms with Gasteiger partial charge in [0.25, 0.3) is 0 Å². The minimum Gasteiger partial charge on any atom is -0.378 e. The van der Waals surface area contributed by atoms with E-state index in [1.807, 2.05) is 18.2 Å². The van der Waals surface area contributed by atoms with E-state index in [1.165, 1.54) is 11.6 Å². The van der Waals surface area contributed by atoms with Crippen LogP contribution in [0.3, 0.4) is 0 Å². The van der Waals surface area contributed by atoms with E-state index in [1.54, 1.807) is 4.90 Å². The summed E-state index contributed by atoms with van der Waals surface area (Å²) >= 11 is 0.814. The zero-order valence-corrected chi connectivity index (χ0v) is 18.5. The third-order valence-corrected chi connectivity index (χ3v) is 7.29. The number of fused-ring (bicyclic) bond motifs is 1. The van der Waals surface area contributed by atoms with Gasteiger partial charge in [0.15, 0.2) is 5.82 Å². The summed E-state index contributed by atoms with van der Waals surface area (Å²) in [5.41, 5.74) is -1.40. The second-order valence-corrected chi connectivity index (χ2v) is 9.20. The maximum atomic E-state index is 14.1. The van der Waals surface area contributed by atoms with Crippen LogP contribution in [0.15, 0.2) is 29.8 Å². The molecule has 4 heterocycles. The zero-order valence-electron chi connectivity index (χ0n) is 17.7. The summed E-state index contributed by atoms with van der Waals surface area (Å²) in [4.78, 5) is 7.77. The van der Waals surface area contributed by atoms with Crippen LogP contribution in [0.5, 0.6) is 0 Å². The van der Waals surface area contributed by atoms with Crippen molar-refractivity contribution in [3.8, 4) is 0 Å². The van der Waals surface area contributed by atoms with E-state index in [2.05, 4.69) is 25.3 Å². The lowest BCUT2D eigenvalue weighted by Gasteiger charge is -2.42. The Kier molecular flexibility index (Phi) is 5.83. The topological polar surface area (TPSA) is 87.5 Å². The predicted octanol–water partition coefficient (Wildman–Crippen LogP) is 2.98. The molecule has 12 heteroatoms. The largest absolute Gasteiger partial charge is 0.424 e. The van der Waals surface area contributed by atoms with Crippen molar-refractivity contribution in [3.63, 3.8) is 0 Å². The molecule has 1 N–H and O–H groups in total. The number of nitrogens with zero attached hydrogens (tertiary/aromatic N) is 6. The molecule has 0 bridgehead atoms. The highest BCUT2D eigenvalue weighted by molar-refractivity contribution is 7.09. The molecule has 0 radical (unpaired) electrons. The fourth-order valence-electron chi connectivity index (χ4n) is 4.66. The van der Waals surface area contributed by atoms with E-state index in [9.17, 15) is 18.3 Å². The molecule has 2 atom stereocenters. The average molecular weight is 481 g/mol. The number of hydrogen-bond acceptors (Lipinski definition) is 9. The number of anilines is 2. The SMILES string of the molecule is O[C@](c1nccs1)([C@H]1CCCN(c2nnnc3cc(N4CCOCC4)ccc23)C1)C(F)(F)F. The second kappa shape index (κ2) is 8.65. The minimum absolute atomic E-state index is 0.0192. The molecule has 2 aromatic heterocycles. The van der Waals surface area contributed by atoms with Crippen LogP contribution in [0.25, 0.3) is 10.9 Å². The summed E-state index contributed by atoms with van der Waals surface area (Å²) in [7, 11) is 0. The van der Waals surface area contributed by atoms with Crippen molar-refractivity contribution in [2.24, 2.45) is 5.92 Å². The average Bonchev–Trinajstić information content (AvgIpc) is 3.38. The summed E-state index contributed by atoms with van der Waals surface area (Å²) in [6, 6.07) is 5.77. The standard InChI is InChI=1S/C21H23F3N6O2S/c22-21(23,24)20(31,19-25-5-11-33-19)14-2-1-6-30(13-14)18-16-4-3-15(12-17(16)26-28-27-18)29-7-9-32-10-8-29/h3-5,11-12,14,31H,1-2,6-10,13H2/t14-,20-/m0/s1. The van der Waals surface area contributed by atoms with Gasteiger partial charge in [0, 0.05) is 54.7 Å². The first-order chi connectivity index (χ1) is 15.9. The van der Waals surface area contributed by atoms with Gasteiger partial charge in [-0.05, 0) is 36.3 Å². The molecule has 2 aliphatic heterocycles. The van der Waals surface area contributed by atoms with Gasteiger partial charge in [0.2, 0.25) is 5.60 Å². The summed E-state index contributed by atoms with van der Waals surface area (Å²) < 4.78 is 47.7. The summed E-state index contributed by atoms with van der Waals surface area (Å²) in [6.07, 6.45) is -2.86. The molecule has 5 rings (SSSR count). The number of piperidine rings is 1. The first-order valence-electron chi connectivity index (χ1n) is 10.8. The Balaban J connectivity index is 1.46. The van der Waals surface area contributed by atoms with Crippen molar-refractivity contribution in [3.05, 3.63) is 34.8 Å². The van der Waals surface area contributed by atoms with Crippen molar-refractivity contribution in [2.75, 3.05) is 49.2 Å². The van der Waals surface area contributed by atoms with Crippen LogP contribution in [0, 0.1) is 5.92 Å². The number of halogens is 3. The van der Waals surface area contributed by atoms with Crippen LogP contribution >= 0.6 is 11.3 Å². The van der Waals surface area contributed by atoms with E-state index in [4.69, 9.17) is 4.74 Å². The molecule has 8 nitrogen and oxygen atoms in total. The summed E-state index contributed by atoms with van der Waals surface area (Å²) in [6.45, 7) is 3.36. The lowest BCUT2D eigenvalue weighted by atomic mass is 9.81. The number of benzene rings is 1. The van der Waals surface area contributed by atoms with Gasteiger partial charge >= 0.3 is 6.18 Å². The molecule has 0 spiro atoms. The van der Waals surface area contributed by atoms with Gasteiger partial charge in [0.1, 0.15) is 10.5 Å². The number of alkyl halides is 3. The van der Waals surface area contributed by atoms with Crippen LogP contribution in [-0.2, 0) is 10.3 Å². The number of hydrogen-bond donors (Lipinski definition) is 1. The number of aliphatic hydroxyl groups is 1. The number of rotatable bonds is 4. The lowest BCUT2D eigenvalue weighted by molar-refractivity contribution is -0.287. The zero-order chi connectivity index (χ0) is 23.1. The van der Waals surface area contributed by atoms with Gasteiger partial charge in [0.05, 0.1) is 13.2 Å². The minimum atomic E-state index is -4.85. The van der Waals surface area contributed by atoms with Gasteiger partial charge in [-0.2, -0.15) is 13.2 Å². The van der Waals surface area contributed by atoms with Crippen LogP contribution in [0.2, 0.25) is 0 Å². The third-order valence-electron chi connectivity index (χ3n) is 6.39. The lowest BCUT2D eigenvalue weighted by Crippen LogP contribution is -2.54. The first kappa shape index (κ1) is 22.2. The molecule has 2 saturated heterocycles. The van der Waals surface area contributed by atoms with Crippen LogP contribution < -0.4 is 9.80 Å². The molecule has 0 saturated carbocycles. The van der Waals surface area contributed by atoms with Gasteiger partial charge in [-0.3, -0.25) is 0 Å². The maximum absolute atomic E-state index is 14.1. The summed E-state index contributed by atoms with van der Waals surface area (Å²) in [5.74, 6) is -0.614. The van der Waals surface area contributed by atoms with Crippen molar-refractivity contribution < 1.29 is 23.0 Å². The fraction of sp³-hybridized carbons (Fsp3) is 0.524. The Hall–Kier alpha value is -2.57. The van der Waals surface area contributed by atoms with Crippen LogP contribution in [0.1, 0.15) is 17.8 Å². The van der Waals surface area contributed by atoms with E-state index in [0.717, 1.165) is 30.1 Å². The highest BCUT2D eigenvalue weighted by Gasteiger charge is 2.61. The third kappa shape index (κ3) is 4.00. The number of aromatic nitrogens is 4. The Morgan fingerprint density at radius 3 is 2.64 bits per heavy atom. The fourth-order valence-corrected chi connectivity index (χ4v) is 5.49. The number of ether oxygens (including phenoxy) is 1. The Morgan fingerprint density at radius 2 is 1.91 bits per heavy atom. The van der Waals surface area contributed by atoms with Gasteiger partial charge in [-0.25, -0.2) is 4.98 Å². The molecular weight excluding hydrogens is 457 g/mol. The Labute approximate surface area is 192 Å². The quantitative estimate of drug-likeness (QED) is 0.610. The van der Waals surface area contributed by atoms with Crippen molar-refractivity contribution in [1.82, 2.24) is 20.4 Å². The van der Waals surface area contributed by atoms with Crippen molar-refractivity contribution >= 4 is 33.7 Å². The van der Waals surface area contributed by atoms with Gasteiger partial charge < -0.3 is 19.6 Å². The highest BCUT2D eigenvalue weighted by Crippen LogP contribution is 2.48. The molecule has 33 heavy (non-hydrogen) atoms. The Bertz CT molecular complexity index is 1110. The monoisotopic (exact) mass is 480 g/mol. The molecule has 1 aromatic carbocycles. The van der Waals surface area contributed by atoms with Gasteiger partial charge in [-0.15, -0.1) is 21.5 Å². The van der Waals surface area contributed by atoms with Gasteiger partial charge in [-0.1, -0.05) is 0 Å². The second-order valence-electron chi connectivity index (χ2n) is 8.30. The first-order valence-corrected chi connectivity index (χ1v) is 11.7. The summed E-state index contributed by atoms with van der Waals surface area (Å²) in [5, 5.41) is 25.0. The molecule has 0 amide bonds. The molecule has 176 valence electrons. The van der Waals surface area contributed by atoms with E-state index >= 15 is 0 Å². The van der Waals surface area contributed by atoms with E-state index < -0.39 is 17.7 Å². The molecule has 3 aromatic rings.